The Morgan fingerprint density at radius 3 is 2.50 bits per heavy atom. The Labute approximate surface area is 212 Å². The minimum atomic E-state index is -1.16. The molecule has 0 aliphatic heterocycles. The Bertz CT molecular complexity index is 1170. The third-order valence-electron chi connectivity index (χ3n) is 7.29. The zero-order valence-corrected chi connectivity index (χ0v) is 21.7. The smallest absolute Gasteiger partial charge is 0.223 e. The summed E-state index contributed by atoms with van der Waals surface area (Å²) < 4.78 is 11.9. The zero-order valence-electron chi connectivity index (χ0n) is 21.7. The van der Waals surface area contributed by atoms with Crippen LogP contribution in [-0.4, -0.2) is 44.1 Å². The summed E-state index contributed by atoms with van der Waals surface area (Å²) in [6.45, 7) is 7.84. The van der Waals surface area contributed by atoms with Crippen LogP contribution in [0.4, 0.5) is 0 Å². The van der Waals surface area contributed by atoms with E-state index in [0.717, 1.165) is 19.3 Å². The van der Waals surface area contributed by atoms with Crippen LogP contribution in [0.25, 0.3) is 5.69 Å². The SMILES string of the molecule is COc1ccnc(OC2CCC(C)C(CC(=O)c3ccccc3-n3nccn3)C(C)C2)c1C(C)(C)O. The van der Waals surface area contributed by atoms with Gasteiger partial charge in [0.2, 0.25) is 5.88 Å². The van der Waals surface area contributed by atoms with Crippen molar-refractivity contribution in [2.24, 2.45) is 17.8 Å². The molecular weight excluding hydrogens is 456 g/mol. The lowest BCUT2D eigenvalue weighted by molar-refractivity contribution is 0.0654. The highest BCUT2D eigenvalue weighted by Gasteiger charge is 2.35. The normalized spacial score (nSPS) is 22.6. The van der Waals surface area contributed by atoms with Crippen molar-refractivity contribution in [3.63, 3.8) is 0 Å². The zero-order chi connectivity index (χ0) is 25.9. The summed E-state index contributed by atoms with van der Waals surface area (Å²) in [5.41, 5.74) is 0.726. The summed E-state index contributed by atoms with van der Waals surface area (Å²) in [6.07, 6.45) is 7.84. The third kappa shape index (κ3) is 5.59. The highest BCUT2D eigenvalue weighted by molar-refractivity contribution is 5.99. The van der Waals surface area contributed by atoms with Gasteiger partial charge in [-0.25, -0.2) is 4.98 Å². The molecule has 4 unspecified atom stereocenters. The van der Waals surface area contributed by atoms with Gasteiger partial charge in [0.1, 0.15) is 11.9 Å². The standard InChI is InChI=1S/C28H36N4O4/c1-18-10-11-20(36-27-26(28(3,4)34)25(35-5)12-13-29-27)16-19(2)22(18)17-24(33)21-8-6-7-9-23(21)32-30-14-15-31-32/h6-9,12-15,18-20,22,34H,10-11,16-17H2,1-5H3. The van der Waals surface area contributed by atoms with Crippen LogP contribution in [0.2, 0.25) is 0 Å². The van der Waals surface area contributed by atoms with E-state index in [4.69, 9.17) is 9.47 Å². The Hall–Kier alpha value is -3.26. The molecule has 36 heavy (non-hydrogen) atoms. The predicted octanol–water partition coefficient (Wildman–Crippen LogP) is 4.99. The maximum atomic E-state index is 13.5. The predicted molar refractivity (Wildman–Crippen MR) is 136 cm³/mol. The van der Waals surface area contributed by atoms with E-state index in [2.05, 4.69) is 29.0 Å². The second-order valence-corrected chi connectivity index (χ2v) is 10.4. The molecule has 1 aromatic carbocycles. The number of hydrogen-bond donors (Lipinski definition) is 1. The largest absolute Gasteiger partial charge is 0.496 e. The number of ketones is 1. The molecule has 0 saturated heterocycles. The van der Waals surface area contributed by atoms with Gasteiger partial charge in [0, 0.05) is 18.2 Å². The second kappa shape index (κ2) is 10.8. The highest BCUT2D eigenvalue weighted by atomic mass is 16.5. The lowest BCUT2D eigenvalue weighted by Gasteiger charge is -2.28. The molecule has 4 atom stereocenters. The molecule has 2 aromatic heterocycles. The van der Waals surface area contributed by atoms with Gasteiger partial charge in [0.15, 0.2) is 5.78 Å². The molecule has 1 fully saturated rings. The molecule has 0 radical (unpaired) electrons. The first kappa shape index (κ1) is 25.8. The van der Waals surface area contributed by atoms with Gasteiger partial charge in [0.05, 0.1) is 36.4 Å². The first-order valence-electron chi connectivity index (χ1n) is 12.6. The average molecular weight is 493 g/mol. The van der Waals surface area contributed by atoms with E-state index in [0.29, 0.717) is 40.8 Å². The van der Waals surface area contributed by atoms with E-state index >= 15 is 0 Å². The van der Waals surface area contributed by atoms with E-state index in [9.17, 15) is 9.90 Å². The Morgan fingerprint density at radius 2 is 1.81 bits per heavy atom. The van der Waals surface area contributed by atoms with E-state index in [1.807, 2.05) is 24.3 Å². The number of ether oxygens (including phenoxy) is 2. The maximum absolute atomic E-state index is 13.5. The molecule has 3 aromatic rings. The van der Waals surface area contributed by atoms with E-state index in [1.54, 1.807) is 45.6 Å². The van der Waals surface area contributed by atoms with Crippen molar-refractivity contribution >= 4 is 5.78 Å². The van der Waals surface area contributed by atoms with Crippen molar-refractivity contribution in [1.29, 1.82) is 0 Å². The lowest BCUT2D eigenvalue weighted by atomic mass is 9.78. The van der Waals surface area contributed by atoms with E-state index in [1.165, 1.54) is 4.80 Å². The molecule has 8 nitrogen and oxygen atoms in total. The molecule has 0 spiro atoms. The molecule has 0 amide bonds. The van der Waals surface area contributed by atoms with Crippen LogP contribution in [0.3, 0.4) is 0 Å². The lowest BCUT2D eigenvalue weighted by Crippen LogP contribution is -2.26. The van der Waals surface area contributed by atoms with Gasteiger partial charge in [-0.3, -0.25) is 4.79 Å². The second-order valence-electron chi connectivity index (χ2n) is 10.4. The number of benzene rings is 1. The number of Topliss-reactive ketones (excluding diaryl/α,β-unsaturated/α-hetero) is 1. The molecule has 1 aliphatic rings. The van der Waals surface area contributed by atoms with Crippen LogP contribution < -0.4 is 9.47 Å². The first-order chi connectivity index (χ1) is 17.2. The first-order valence-corrected chi connectivity index (χ1v) is 12.6. The molecule has 1 N–H and O–H groups in total. The van der Waals surface area contributed by atoms with Gasteiger partial charge in [-0.15, -0.1) is 0 Å². The van der Waals surface area contributed by atoms with Crippen LogP contribution in [0.5, 0.6) is 11.6 Å². The van der Waals surface area contributed by atoms with Gasteiger partial charge < -0.3 is 14.6 Å². The van der Waals surface area contributed by atoms with Crippen LogP contribution >= 0.6 is 0 Å². The van der Waals surface area contributed by atoms with Crippen molar-refractivity contribution in [1.82, 2.24) is 20.0 Å². The maximum Gasteiger partial charge on any atom is 0.223 e. The number of pyridine rings is 1. The highest BCUT2D eigenvalue weighted by Crippen LogP contribution is 2.40. The van der Waals surface area contributed by atoms with Crippen LogP contribution in [-0.2, 0) is 5.60 Å². The van der Waals surface area contributed by atoms with Gasteiger partial charge in [-0.1, -0.05) is 26.0 Å². The van der Waals surface area contributed by atoms with Gasteiger partial charge in [-0.2, -0.15) is 15.0 Å². The Balaban J connectivity index is 1.51. The number of carbonyl (C=O) groups is 1. The van der Waals surface area contributed by atoms with Crippen LogP contribution in [0.1, 0.15) is 69.3 Å². The van der Waals surface area contributed by atoms with E-state index in [-0.39, 0.29) is 23.7 Å². The summed E-state index contributed by atoms with van der Waals surface area (Å²) in [5.74, 6) is 1.90. The molecule has 4 rings (SSSR count). The minimum absolute atomic E-state index is 0.0659. The molecule has 1 saturated carbocycles. The Morgan fingerprint density at radius 1 is 1.08 bits per heavy atom. The number of para-hydroxylation sites is 1. The number of aliphatic hydroxyl groups is 1. The monoisotopic (exact) mass is 492 g/mol. The quantitative estimate of drug-likeness (QED) is 0.349. The summed E-state index contributed by atoms with van der Waals surface area (Å²) in [4.78, 5) is 19.4. The molecule has 8 heteroatoms. The van der Waals surface area contributed by atoms with Crippen molar-refractivity contribution < 1.29 is 19.4 Å². The Kier molecular flexibility index (Phi) is 7.73. The number of carbonyl (C=O) groups excluding carboxylic acids is 1. The fourth-order valence-corrected chi connectivity index (χ4v) is 5.39. The van der Waals surface area contributed by atoms with Crippen LogP contribution in [0.15, 0.2) is 48.9 Å². The van der Waals surface area contributed by atoms with E-state index < -0.39 is 5.60 Å². The summed E-state index contributed by atoms with van der Waals surface area (Å²) in [6, 6.07) is 9.23. The fourth-order valence-electron chi connectivity index (χ4n) is 5.39. The summed E-state index contributed by atoms with van der Waals surface area (Å²) in [5, 5.41) is 19.2. The number of hydrogen-bond acceptors (Lipinski definition) is 7. The molecule has 1 aliphatic carbocycles. The fraction of sp³-hybridized carbons (Fsp3) is 0.500. The number of nitrogens with zero attached hydrogens (tertiary/aromatic N) is 4. The number of aromatic nitrogens is 4. The average Bonchev–Trinajstić information content (AvgIpc) is 3.35. The number of methoxy groups -OCH3 is 1. The summed E-state index contributed by atoms with van der Waals surface area (Å²) >= 11 is 0. The number of rotatable bonds is 8. The van der Waals surface area contributed by atoms with Gasteiger partial charge in [0.25, 0.3) is 0 Å². The van der Waals surface area contributed by atoms with Gasteiger partial charge >= 0.3 is 0 Å². The van der Waals surface area contributed by atoms with Crippen molar-refractivity contribution in [2.45, 2.75) is 65.1 Å². The third-order valence-corrected chi connectivity index (χ3v) is 7.29. The molecular formula is C28H36N4O4. The topological polar surface area (TPSA) is 99.4 Å². The summed E-state index contributed by atoms with van der Waals surface area (Å²) in [7, 11) is 1.58. The van der Waals surface area contributed by atoms with Crippen molar-refractivity contribution in [2.75, 3.05) is 7.11 Å². The van der Waals surface area contributed by atoms with Crippen molar-refractivity contribution in [3.05, 3.63) is 60.0 Å². The van der Waals surface area contributed by atoms with Gasteiger partial charge in [-0.05, 0) is 69.1 Å². The van der Waals surface area contributed by atoms with Crippen molar-refractivity contribution in [3.8, 4) is 17.3 Å². The molecule has 192 valence electrons. The minimum Gasteiger partial charge on any atom is -0.496 e. The molecule has 2 heterocycles. The van der Waals surface area contributed by atoms with Crippen LogP contribution in [0, 0.1) is 17.8 Å². The molecule has 0 bridgehead atoms.